The quantitative estimate of drug-likeness (QED) is 0.682. The number of thiophene rings is 1. The lowest BCUT2D eigenvalue weighted by atomic mass is 10.1. The molecule has 0 aliphatic heterocycles. The number of hydrogen-bond acceptors (Lipinski definition) is 2. The SMILES string of the molecule is CCCC(=O)c1ccc(-c2ccc(Br)cc2C)s1. The van der Waals surface area contributed by atoms with Crippen LogP contribution in [0.1, 0.15) is 35.0 Å². The van der Waals surface area contributed by atoms with Gasteiger partial charge < -0.3 is 0 Å². The van der Waals surface area contributed by atoms with Gasteiger partial charge in [-0.2, -0.15) is 0 Å². The van der Waals surface area contributed by atoms with Crippen LogP contribution in [0.2, 0.25) is 0 Å². The first-order chi connectivity index (χ1) is 8.61. The summed E-state index contributed by atoms with van der Waals surface area (Å²) in [4.78, 5) is 13.9. The molecule has 0 saturated heterocycles. The summed E-state index contributed by atoms with van der Waals surface area (Å²) < 4.78 is 1.09. The minimum absolute atomic E-state index is 0.253. The molecule has 0 unspecified atom stereocenters. The molecule has 1 aromatic heterocycles. The number of ketones is 1. The molecule has 0 saturated carbocycles. The number of carbonyl (C=O) groups excluding carboxylic acids is 1. The summed E-state index contributed by atoms with van der Waals surface area (Å²) >= 11 is 5.06. The fourth-order valence-electron chi connectivity index (χ4n) is 1.89. The van der Waals surface area contributed by atoms with Crippen molar-refractivity contribution < 1.29 is 4.79 Å². The van der Waals surface area contributed by atoms with E-state index in [-0.39, 0.29) is 5.78 Å². The van der Waals surface area contributed by atoms with Gasteiger partial charge >= 0.3 is 0 Å². The predicted molar refractivity (Wildman–Crippen MR) is 81.4 cm³/mol. The first-order valence-electron chi connectivity index (χ1n) is 6.01. The third-order valence-corrected chi connectivity index (χ3v) is 4.46. The van der Waals surface area contributed by atoms with Crippen LogP contribution in [0.3, 0.4) is 0 Å². The highest BCUT2D eigenvalue weighted by atomic mass is 79.9. The van der Waals surface area contributed by atoms with E-state index in [2.05, 4.69) is 35.0 Å². The van der Waals surface area contributed by atoms with Crippen molar-refractivity contribution in [2.75, 3.05) is 0 Å². The van der Waals surface area contributed by atoms with E-state index < -0.39 is 0 Å². The highest BCUT2D eigenvalue weighted by Gasteiger charge is 2.10. The third kappa shape index (κ3) is 2.90. The maximum Gasteiger partial charge on any atom is 0.172 e. The van der Waals surface area contributed by atoms with Gasteiger partial charge in [-0.15, -0.1) is 11.3 Å². The number of rotatable bonds is 4. The molecule has 0 bridgehead atoms. The molecule has 3 heteroatoms. The van der Waals surface area contributed by atoms with E-state index in [9.17, 15) is 4.79 Å². The molecule has 1 aromatic carbocycles. The van der Waals surface area contributed by atoms with Gasteiger partial charge in [-0.1, -0.05) is 28.9 Å². The summed E-state index contributed by atoms with van der Waals surface area (Å²) in [5.41, 5.74) is 2.43. The van der Waals surface area contributed by atoms with E-state index in [1.165, 1.54) is 16.0 Å². The highest BCUT2D eigenvalue weighted by molar-refractivity contribution is 9.10. The molecule has 0 radical (unpaired) electrons. The first kappa shape index (κ1) is 13.5. The second kappa shape index (κ2) is 5.81. The molecule has 0 N–H and O–H groups in total. The maximum atomic E-state index is 11.8. The topological polar surface area (TPSA) is 17.1 Å². The van der Waals surface area contributed by atoms with Crippen molar-refractivity contribution in [1.82, 2.24) is 0 Å². The molecule has 0 atom stereocenters. The zero-order valence-corrected chi connectivity index (χ0v) is 12.9. The van der Waals surface area contributed by atoms with E-state index in [4.69, 9.17) is 0 Å². The largest absolute Gasteiger partial charge is 0.293 e. The zero-order chi connectivity index (χ0) is 13.1. The fraction of sp³-hybridized carbons (Fsp3) is 0.267. The van der Waals surface area contributed by atoms with Crippen molar-refractivity contribution in [3.63, 3.8) is 0 Å². The fourth-order valence-corrected chi connectivity index (χ4v) is 3.43. The minimum atomic E-state index is 0.253. The molecule has 1 nitrogen and oxygen atoms in total. The molecule has 2 rings (SSSR count). The number of halogens is 1. The van der Waals surface area contributed by atoms with Gasteiger partial charge in [-0.25, -0.2) is 0 Å². The maximum absolute atomic E-state index is 11.8. The van der Waals surface area contributed by atoms with Crippen molar-refractivity contribution >= 4 is 33.0 Å². The average molecular weight is 323 g/mol. The van der Waals surface area contributed by atoms with E-state index >= 15 is 0 Å². The summed E-state index contributed by atoms with van der Waals surface area (Å²) in [7, 11) is 0. The van der Waals surface area contributed by atoms with Crippen molar-refractivity contribution in [2.45, 2.75) is 26.7 Å². The minimum Gasteiger partial charge on any atom is -0.293 e. The van der Waals surface area contributed by atoms with E-state index in [0.29, 0.717) is 6.42 Å². The first-order valence-corrected chi connectivity index (χ1v) is 7.62. The van der Waals surface area contributed by atoms with Crippen LogP contribution in [-0.4, -0.2) is 5.78 Å². The van der Waals surface area contributed by atoms with Crippen LogP contribution < -0.4 is 0 Å². The molecule has 18 heavy (non-hydrogen) atoms. The van der Waals surface area contributed by atoms with Crippen molar-refractivity contribution in [3.8, 4) is 10.4 Å². The van der Waals surface area contributed by atoms with Crippen molar-refractivity contribution in [3.05, 3.63) is 45.2 Å². The van der Waals surface area contributed by atoms with Gasteiger partial charge in [-0.3, -0.25) is 4.79 Å². The van der Waals surface area contributed by atoms with Gasteiger partial charge in [0.25, 0.3) is 0 Å². The molecular formula is C15H15BrOS. The lowest BCUT2D eigenvalue weighted by Crippen LogP contribution is -1.93. The molecule has 2 aromatic rings. The molecular weight excluding hydrogens is 308 g/mol. The van der Waals surface area contributed by atoms with Crippen LogP contribution in [-0.2, 0) is 0 Å². The predicted octanol–water partition coefficient (Wildman–Crippen LogP) is 5.47. The molecule has 0 fully saturated rings. The summed E-state index contributed by atoms with van der Waals surface area (Å²) in [6.45, 7) is 4.12. The number of benzene rings is 1. The normalized spacial score (nSPS) is 10.6. The molecule has 0 aliphatic rings. The number of Topliss-reactive ketones (excluding diaryl/α,β-unsaturated/α-hetero) is 1. The van der Waals surface area contributed by atoms with Gasteiger partial charge in [0.05, 0.1) is 4.88 Å². The Bertz CT molecular complexity index is 572. The van der Waals surface area contributed by atoms with Crippen LogP contribution in [0.5, 0.6) is 0 Å². The number of aryl methyl sites for hydroxylation is 1. The van der Waals surface area contributed by atoms with Crippen LogP contribution >= 0.6 is 27.3 Å². The summed E-state index contributed by atoms with van der Waals surface area (Å²) in [6, 6.07) is 10.2. The Kier molecular flexibility index (Phi) is 4.36. The molecule has 0 amide bonds. The van der Waals surface area contributed by atoms with E-state index in [1.807, 2.05) is 25.1 Å². The summed E-state index contributed by atoms with van der Waals surface area (Å²) in [5.74, 6) is 0.253. The highest BCUT2D eigenvalue weighted by Crippen LogP contribution is 2.32. The smallest absolute Gasteiger partial charge is 0.172 e. The Morgan fingerprint density at radius 2 is 2.06 bits per heavy atom. The van der Waals surface area contributed by atoms with Crippen molar-refractivity contribution in [2.24, 2.45) is 0 Å². The number of carbonyl (C=O) groups is 1. The van der Waals surface area contributed by atoms with Gasteiger partial charge in [0.1, 0.15) is 0 Å². The molecule has 0 spiro atoms. The van der Waals surface area contributed by atoms with Gasteiger partial charge in [0.2, 0.25) is 0 Å². The Labute approximate surface area is 120 Å². The molecule has 0 aliphatic carbocycles. The van der Waals surface area contributed by atoms with Crippen LogP contribution in [0, 0.1) is 6.92 Å². The standard InChI is InChI=1S/C15H15BrOS/c1-3-4-13(17)15-8-7-14(18-15)12-6-5-11(16)9-10(12)2/h5-9H,3-4H2,1-2H3. The van der Waals surface area contributed by atoms with Crippen LogP contribution in [0.25, 0.3) is 10.4 Å². The lowest BCUT2D eigenvalue weighted by molar-refractivity contribution is 0.0985. The van der Waals surface area contributed by atoms with Crippen LogP contribution in [0.4, 0.5) is 0 Å². The van der Waals surface area contributed by atoms with Gasteiger partial charge in [0, 0.05) is 15.8 Å². The summed E-state index contributed by atoms with van der Waals surface area (Å²) in [5, 5.41) is 0. The Morgan fingerprint density at radius 3 is 2.72 bits per heavy atom. The summed E-state index contributed by atoms with van der Waals surface area (Å²) in [6.07, 6.45) is 1.54. The monoisotopic (exact) mass is 322 g/mol. The van der Waals surface area contributed by atoms with Crippen LogP contribution in [0.15, 0.2) is 34.8 Å². The third-order valence-electron chi connectivity index (χ3n) is 2.81. The second-order valence-electron chi connectivity index (χ2n) is 4.30. The van der Waals surface area contributed by atoms with E-state index in [0.717, 1.165) is 15.8 Å². The zero-order valence-electron chi connectivity index (χ0n) is 10.5. The Morgan fingerprint density at radius 1 is 1.28 bits per heavy atom. The average Bonchev–Trinajstić information content (AvgIpc) is 2.78. The Hall–Kier alpha value is -0.930. The molecule has 94 valence electrons. The lowest BCUT2D eigenvalue weighted by Gasteiger charge is -2.03. The Balaban J connectivity index is 2.32. The molecule has 1 heterocycles. The van der Waals surface area contributed by atoms with Gasteiger partial charge in [0.15, 0.2) is 5.78 Å². The van der Waals surface area contributed by atoms with E-state index in [1.54, 1.807) is 11.3 Å². The van der Waals surface area contributed by atoms with Gasteiger partial charge in [-0.05, 0) is 48.7 Å². The van der Waals surface area contributed by atoms with Crippen molar-refractivity contribution in [1.29, 1.82) is 0 Å². The second-order valence-corrected chi connectivity index (χ2v) is 6.30. The number of hydrogen-bond donors (Lipinski definition) is 0.